The van der Waals surface area contributed by atoms with Crippen LogP contribution in [0.15, 0.2) is 39.5 Å². The number of rotatable bonds is 7. The first-order valence-corrected chi connectivity index (χ1v) is 9.92. The molecular formula is C17H14BrFIN3O6. The largest absolute Gasteiger partial charge is 0.439 e. The van der Waals surface area contributed by atoms with Crippen LogP contribution >= 0.6 is 38.5 Å². The van der Waals surface area contributed by atoms with Gasteiger partial charge >= 0.3 is 12.0 Å². The van der Waals surface area contributed by atoms with Crippen molar-refractivity contribution in [3.63, 3.8) is 0 Å². The Morgan fingerprint density at radius 3 is 2.93 bits per heavy atom. The first-order valence-electron chi connectivity index (χ1n) is 8.05. The highest BCUT2D eigenvalue weighted by Crippen LogP contribution is 2.41. The molecule has 4 N–H and O–H groups in total. The Bertz CT molecular complexity index is 1030. The van der Waals surface area contributed by atoms with Gasteiger partial charge in [-0.3, -0.25) is 9.82 Å². The quantitative estimate of drug-likeness (QED) is 0.247. The smallest absolute Gasteiger partial charge is 0.422 e. The number of carbonyl (C=O) groups excluding carboxylic acids is 1. The summed E-state index contributed by atoms with van der Waals surface area (Å²) < 4.78 is 26.2. The summed E-state index contributed by atoms with van der Waals surface area (Å²) in [6.07, 6.45) is 0.744. The molecule has 0 spiro atoms. The predicted molar refractivity (Wildman–Crippen MR) is 112 cm³/mol. The molecule has 0 aliphatic rings. The van der Waals surface area contributed by atoms with Crippen LogP contribution in [0.3, 0.4) is 0 Å². The van der Waals surface area contributed by atoms with E-state index < -0.39 is 24.6 Å². The van der Waals surface area contributed by atoms with Crippen LogP contribution in [0.4, 0.5) is 20.6 Å². The van der Waals surface area contributed by atoms with E-state index in [0.717, 1.165) is 0 Å². The number of pyridine rings is 1. The van der Waals surface area contributed by atoms with Crippen LogP contribution in [0, 0.1) is 9.39 Å². The number of hydroxylamine groups is 1. The molecule has 29 heavy (non-hydrogen) atoms. The number of anilines is 2. The Kier molecular flexibility index (Phi) is 7.23. The van der Waals surface area contributed by atoms with Crippen molar-refractivity contribution in [2.75, 3.05) is 18.5 Å². The Hall–Kier alpha value is -2.00. The molecular weight excluding hydrogens is 568 g/mol. The Balaban J connectivity index is 1.87. The number of aliphatic hydroxyl groups is 2. The maximum Gasteiger partial charge on any atom is 0.439 e. The number of carbonyl (C=O) groups is 1. The van der Waals surface area contributed by atoms with E-state index in [1.54, 1.807) is 6.07 Å². The molecule has 0 unspecified atom stereocenters. The zero-order valence-electron chi connectivity index (χ0n) is 14.5. The lowest BCUT2D eigenvalue weighted by Crippen LogP contribution is -2.31. The highest BCUT2D eigenvalue weighted by atomic mass is 127. The molecule has 0 aliphatic heterocycles. The van der Waals surface area contributed by atoms with Crippen LogP contribution in [-0.4, -0.2) is 40.6 Å². The van der Waals surface area contributed by atoms with Crippen LogP contribution in [0.1, 0.15) is 0 Å². The van der Waals surface area contributed by atoms with Gasteiger partial charge in [0.25, 0.3) is 0 Å². The Morgan fingerprint density at radius 2 is 2.21 bits per heavy atom. The van der Waals surface area contributed by atoms with Gasteiger partial charge in [0.15, 0.2) is 5.58 Å². The zero-order chi connectivity index (χ0) is 21.0. The van der Waals surface area contributed by atoms with Crippen LogP contribution in [-0.2, 0) is 4.84 Å². The number of aromatic nitrogens is 1. The fraction of sp³-hybridized carbons (Fsp3) is 0.176. The molecule has 154 valence electrons. The third kappa shape index (κ3) is 5.33. The van der Waals surface area contributed by atoms with Crippen LogP contribution in [0.25, 0.3) is 11.0 Å². The van der Waals surface area contributed by atoms with Gasteiger partial charge in [-0.15, -0.1) is 0 Å². The molecule has 3 rings (SSSR count). The monoisotopic (exact) mass is 581 g/mol. The number of ether oxygens (including phenoxy) is 1. The second-order valence-electron chi connectivity index (χ2n) is 5.65. The Morgan fingerprint density at radius 1 is 1.41 bits per heavy atom. The van der Waals surface area contributed by atoms with E-state index in [0.29, 0.717) is 19.0 Å². The molecule has 3 aromatic rings. The minimum absolute atomic E-state index is 0.140. The van der Waals surface area contributed by atoms with Crippen molar-refractivity contribution in [3.8, 4) is 5.95 Å². The van der Waals surface area contributed by atoms with Crippen LogP contribution in [0.2, 0.25) is 0 Å². The summed E-state index contributed by atoms with van der Waals surface area (Å²) in [6.45, 7) is -0.878. The lowest BCUT2D eigenvalue weighted by atomic mass is 10.2. The van der Waals surface area contributed by atoms with Gasteiger partial charge in [0, 0.05) is 16.0 Å². The van der Waals surface area contributed by atoms with E-state index in [4.69, 9.17) is 19.1 Å². The Labute approximate surface area is 185 Å². The molecule has 1 atom stereocenters. The topological polar surface area (TPSA) is 126 Å². The molecule has 12 heteroatoms. The van der Waals surface area contributed by atoms with Crippen molar-refractivity contribution in [1.29, 1.82) is 0 Å². The SMILES string of the molecule is O=C(NOC[C@H](O)CO)Oc1oc2c(Br)cncc2c1Nc1ccc(I)cc1F. The number of nitrogens with zero attached hydrogens (tertiary/aromatic N) is 1. The van der Waals surface area contributed by atoms with E-state index in [2.05, 4.69) is 26.2 Å². The second-order valence-corrected chi connectivity index (χ2v) is 7.75. The van der Waals surface area contributed by atoms with Crippen molar-refractivity contribution < 1.29 is 33.4 Å². The normalized spacial score (nSPS) is 12.0. The first-order chi connectivity index (χ1) is 13.9. The summed E-state index contributed by atoms with van der Waals surface area (Å²) in [5, 5.41) is 21.2. The van der Waals surface area contributed by atoms with E-state index in [1.165, 1.54) is 24.5 Å². The van der Waals surface area contributed by atoms with Gasteiger partial charge in [-0.1, -0.05) is 0 Å². The van der Waals surface area contributed by atoms with Gasteiger partial charge in [0.05, 0.1) is 22.2 Å². The van der Waals surface area contributed by atoms with Crippen molar-refractivity contribution in [2.45, 2.75) is 6.10 Å². The fourth-order valence-corrected chi connectivity index (χ4v) is 3.09. The average Bonchev–Trinajstić information content (AvgIpc) is 3.02. The lowest BCUT2D eigenvalue weighted by molar-refractivity contribution is -0.0297. The number of furan rings is 1. The molecule has 0 saturated carbocycles. The van der Waals surface area contributed by atoms with Crippen molar-refractivity contribution in [1.82, 2.24) is 10.5 Å². The van der Waals surface area contributed by atoms with E-state index in [9.17, 15) is 14.3 Å². The van der Waals surface area contributed by atoms with Gasteiger partial charge in [-0.2, -0.15) is 5.48 Å². The number of hydrogen-bond donors (Lipinski definition) is 4. The van der Waals surface area contributed by atoms with E-state index in [-0.39, 0.29) is 23.9 Å². The third-order valence-electron chi connectivity index (χ3n) is 3.54. The minimum Gasteiger partial charge on any atom is -0.422 e. The highest BCUT2D eigenvalue weighted by molar-refractivity contribution is 14.1. The number of nitrogens with one attached hydrogen (secondary N) is 2. The fourth-order valence-electron chi connectivity index (χ4n) is 2.23. The van der Waals surface area contributed by atoms with Crippen molar-refractivity contribution in [3.05, 3.63) is 44.5 Å². The highest BCUT2D eigenvalue weighted by Gasteiger charge is 2.22. The van der Waals surface area contributed by atoms with Gasteiger partial charge < -0.3 is 24.7 Å². The molecule has 9 nitrogen and oxygen atoms in total. The number of fused-ring (bicyclic) bond motifs is 1. The summed E-state index contributed by atoms with van der Waals surface area (Å²) >= 11 is 5.28. The second kappa shape index (κ2) is 9.67. The zero-order valence-corrected chi connectivity index (χ0v) is 18.2. The summed E-state index contributed by atoms with van der Waals surface area (Å²) in [6, 6.07) is 4.58. The van der Waals surface area contributed by atoms with E-state index >= 15 is 0 Å². The molecule has 0 radical (unpaired) electrons. The van der Waals surface area contributed by atoms with Gasteiger partial charge in [0.1, 0.15) is 24.2 Å². The summed E-state index contributed by atoms with van der Waals surface area (Å²) in [7, 11) is 0. The molecule has 0 bridgehead atoms. The molecule has 2 heterocycles. The lowest BCUT2D eigenvalue weighted by Gasteiger charge is -2.10. The molecule has 0 aliphatic carbocycles. The molecule has 1 aromatic carbocycles. The van der Waals surface area contributed by atoms with Crippen LogP contribution in [0.5, 0.6) is 5.95 Å². The summed E-state index contributed by atoms with van der Waals surface area (Å²) in [4.78, 5) is 20.7. The van der Waals surface area contributed by atoms with Crippen molar-refractivity contribution >= 4 is 67.0 Å². The minimum atomic E-state index is -1.16. The van der Waals surface area contributed by atoms with Crippen molar-refractivity contribution in [2.24, 2.45) is 0 Å². The molecule has 2 aromatic heterocycles. The molecule has 0 saturated heterocycles. The number of amides is 1. The van der Waals surface area contributed by atoms with E-state index in [1.807, 2.05) is 28.1 Å². The first kappa shape index (κ1) is 21.7. The van der Waals surface area contributed by atoms with Gasteiger partial charge in [0.2, 0.25) is 0 Å². The molecule has 0 fully saturated rings. The standard InChI is InChI=1S/C17H14BrFIN3O6/c18-11-5-21-4-10-14(22-13-2-1-8(20)3-12(13)19)16(28-15(10)11)29-17(26)23-27-7-9(25)6-24/h1-5,9,22,24-25H,6-7H2,(H,23,26)/t9-/m1/s1. The van der Waals surface area contributed by atoms with Crippen LogP contribution < -0.4 is 15.5 Å². The van der Waals surface area contributed by atoms with Gasteiger partial charge in [-0.25, -0.2) is 9.18 Å². The number of benzene rings is 1. The molecule has 1 amide bonds. The maximum atomic E-state index is 14.3. The predicted octanol–water partition coefficient (Wildman–Crippen LogP) is 3.45. The summed E-state index contributed by atoms with van der Waals surface area (Å²) in [5.74, 6) is -0.763. The maximum absolute atomic E-state index is 14.3. The average molecular weight is 582 g/mol. The number of aliphatic hydroxyl groups excluding tert-OH is 2. The third-order valence-corrected chi connectivity index (χ3v) is 4.78. The van der Waals surface area contributed by atoms with Gasteiger partial charge in [-0.05, 0) is 56.7 Å². The number of halogens is 3. The summed E-state index contributed by atoms with van der Waals surface area (Å²) in [5.41, 5.74) is 2.59. The number of hydrogen-bond acceptors (Lipinski definition) is 8.